The predicted molar refractivity (Wildman–Crippen MR) is 106 cm³/mol. The Balaban J connectivity index is 1.68. The third kappa shape index (κ3) is 3.04. The highest BCUT2D eigenvalue weighted by Gasteiger charge is 2.09. The van der Waals surface area contributed by atoms with E-state index in [4.69, 9.17) is 0 Å². The highest BCUT2D eigenvalue weighted by atomic mass is 19.1. The molecule has 0 N–H and O–H groups in total. The van der Waals surface area contributed by atoms with Crippen LogP contribution in [0.3, 0.4) is 0 Å². The van der Waals surface area contributed by atoms with Crippen LogP contribution in [0.15, 0.2) is 77.8 Å². The molecule has 4 rings (SSSR count). The van der Waals surface area contributed by atoms with E-state index < -0.39 is 0 Å². The lowest BCUT2D eigenvalue weighted by Crippen LogP contribution is -1.99. The maximum atomic E-state index is 13.2. The van der Waals surface area contributed by atoms with E-state index in [2.05, 4.69) is 46.8 Å². The van der Waals surface area contributed by atoms with Gasteiger partial charge in [0.25, 0.3) is 0 Å². The molecule has 0 unspecified atom stereocenters. The number of aliphatic imine (C=N–C) groups is 1. The molecule has 0 spiro atoms. The SMILES string of the molecule is Cc1cc(C=Nc2ccc3ccccc3c2)c(C)n1-c1ccc(F)cc1. The van der Waals surface area contributed by atoms with Crippen LogP contribution in [0.4, 0.5) is 10.1 Å². The van der Waals surface area contributed by atoms with Crippen LogP contribution >= 0.6 is 0 Å². The molecule has 2 nitrogen and oxygen atoms in total. The number of aromatic nitrogens is 1. The van der Waals surface area contributed by atoms with Crippen LogP contribution in [0, 0.1) is 19.7 Å². The third-order valence-electron chi connectivity index (χ3n) is 4.64. The van der Waals surface area contributed by atoms with Gasteiger partial charge in [-0.15, -0.1) is 0 Å². The molecule has 0 saturated heterocycles. The van der Waals surface area contributed by atoms with Crippen LogP contribution in [0.5, 0.6) is 0 Å². The molecule has 1 aromatic heterocycles. The number of rotatable bonds is 3. The van der Waals surface area contributed by atoms with Gasteiger partial charge >= 0.3 is 0 Å². The summed E-state index contributed by atoms with van der Waals surface area (Å²) in [5, 5.41) is 2.39. The molecule has 0 aliphatic carbocycles. The van der Waals surface area contributed by atoms with E-state index >= 15 is 0 Å². The first-order valence-corrected chi connectivity index (χ1v) is 8.59. The topological polar surface area (TPSA) is 17.3 Å². The molecular weight excluding hydrogens is 323 g/mol. The molecule has 0 fully saturated rings. The Morgan fingerprint density at radius 2 is 1.58 bits per heavy atom. The van der Waals surface area contributed by atoms with Crippen molar-refractivity contribution in [3.8, 4) is 5.69 Å². The monoisotopic (exact) mass is 342 g/mol. The molecule has 128 valence electrons. The molecule has 0 radical (unpaired) electrons. The highest BCUT2D eigenvalue weighted by Crippen LogP contribution is 2.23. The number of halogens is 1. The molecule has 3 heteroatoms. The van der Waals surface area contributed by atoms with Crippen molar-refractivity contribution in [2.45, 2.75) is 13.8 Å². The lowest BCUT2D eigenvalue weighted by atomic mass is 10.1. The average molecular weight is 342 g/mol. The van der Waals surface area contributed by atoms with E-state index in [-0.39, 0.29) is 5.82 Å². The van der Waals surface area contributed by atoms with E-state index in [9.17, 15) is 4.39 Å². The van der Waals surface area contributed by atoms with Gasteiger partial charge in [-0.1, -0.05) is 30.3 Å². The fraction of sp³-hybridized carbons (Fsp3) is 0.0870. The molecule has 0 aliphatic rings. The second-order valence-corrected chi connectivity index (χ2v) is 6.43. The first kappa shape index (κ1) is 16.3. The van der Waals surface area contributed by atoms with Gasteiger partial charge in [-0.2, -0.15) is 0 Å². The van der Waals surface area contributed by atoms with E-state index in [1.54, 1.807) is 12.1 Å². The van der Waals surface area contributed by atoms with Gasteiger partial charge in [0.15, 0.2) is 0 Å². The minimum atomic E-state index is -0.227. The molecule has 0 atom stereocenters. The van der Waals surface area contributed by atoms with Gasteiger partial charge in [-0.3, -0.25) is 4.99 Å². The Morgan fingerprint density at radius 3 is 2.35 bits per heavy atom. The van der Waals surface area contributed by atoms with E-state index in [0.29, 0.717) is 0 Å². The molecule has 3 aromatic carbocycles. The number of hydrogen-bond donors (Lipinski definition) is 0. The Morgan fingerprint density at radius 1 is 0.846 bits per heavy atom. The average Bonchev–Trinajstić information content (AvgIpc) is 2.94. The van der Waals surface area contributed by atoms with Gasteiger partial charge in [0.1, 0.15) is 5.82 Å². The van der Waals surface area contributed by atoms with Gasteiger partial charge in [0.05, 0.1) is 5.69 Å². The normalized spacial score (nSPS) is 11.5. The zero-order valence-electron chi connectivity index (χ0n) is 14.8. The van der Waals surface area contributed by atoms with Gasteiger partial charge < -0.3 is 4.57 Å². The third-order valence-corrected chi connectivity index (χ3v) is 4.64. The number of benzene rings is 3. The van der Waals surface area contributed by atoms with E-state index in [0.717, 1.165) is 28.3 Å². The minimum absolute atomic E-state index is 0.227. The summed E-state index contributed by atoms with van der Waals surface area (Å²) < 4.78 is 15.3. The Kier molecular flexibility index (Phi) is 4.13. The lowest BCUT2D eigenvalue weighted by molar-refractivity contribution is 0.627. The summed E-state index contributed by atoms with van der Waals surface area (Å²) in [5.74, 6) is -0.227. The van der Waals surface area contributed by atoms with Gasteiger partial charge in [-0.25, -0.2) is 4.39 Å². The minimum Gasteiger partial charge on any atom is -0.318 e. The van der Waals surface area contributed by atoms with E-state index in [1.807, 2.05) is 31.3 Å². The zero-order chi connectivity index (χ0) is 18.1. The largest absolute Gasteiger partial charge is 0.318 e. The second-order valence-electron chi connectivity index (χ2n) is 6.43. The number of aryl methyl sites for hydroxylation is 1. The number of hydrogen-bond acceptors (Lipinski definition) is 1. The standard InChI is InChI=1S/C23H19FN2/c1-16-13-20(17(2)26(16)23-11-8-21(24)9-12-23)15-25-22-10-7-18-5-3-4-6-19(18)14-22/h3-15H,1-2H3. The fourth-order valence-corrected chi connectivity index (χ4v) is 3.31. The molecule has 26 heavy (non-hydrogen) atoms. The van der Waals surface area contributed by atoms with Gasteiger partial charge in [0, 0.05) is 28.9 Å². The van der Waals surface area contributed by atoms with Crippen molar-refractivity contribution in [2.24, 2.45) is 4.99 Å². The summed E-state index contributed by atoms with van der Waals surface area (Å²) in [5.41, 5.74) is 5.11. The number of nitrogens with zero attached hydrogens (tertiary/aromatic N) is 2. The molecule has 0 saturated carbocycles. The van der Waals surface area contributed by atoms with Crippen LogP contribution in [-0.2, 0) is 0 Å². The van der Waals surface area contributed by atoms with Gasteiger partial charge in [0.2, 0.25) is 0 Å². The van der Waals surface area contributed by atoms with Crippen LogP contribution in [0.1, 0.15) is 17.0 Å². The Bertz CT molecular complexity index is 1100. The van der Waals surface area contributed by atoms with Crippen molar-refractivity contribution in [3.63, 3.8) is 0 Å². The summed E-state index contributed by atoms with van der Waals surface area (Å²) in [6.45, 7) is 4.10. The second kappa shape index (κ2) is 6.60. The van der Waals surface area contributed by atoms with Crippen molar-refractivity contribution in [2.75, 3.05) is 0 Å². The predicted octanol–water partition coefficient (Wildman–Crippen LogP) is 6.14. The molecule has 0 amide bonds. The van der Waals surface area contributed by atoms with Crippen LogP contribution in [-0.4, -0.2) is 10.8 Å². The van der Waals surface area contributed by atoms with Crippen LogP contribution in [0.2, 0.25) is 0 Å². The smallest absolute Gasteiger partial charge is 0.123 e. The van der Waals surface area contributed by atoms with Crippen LogP contribution in [0.25, 0.3) is 16.5 Å². The maximum Gasteiger partial charge on any atom is 0.123 e. The Hall–Kier alpha value is -3.20. The van der Waals surface area contributed by atoms with Crippen molar-refractivity contribution in [1.82, 2.24) is 4.57 Å². The first-order chi connectivity index (χ1) is 12.6. The van der Waals surface area contributed by atoms with Crippen molar-refractivity contribution in [1.29, 1.82) is 0 Å². The summed E-state index contributed by atoms with van der Waals surface area (Å²) in [6, 6.07) is 23.1. The zero-order valence-corrected chi connectivity index (χ0v) is 14.8. The lowest BCUT2D eigenvalue weighted by Gasteiger charge is -2.09. The molecular formula is C23H19FN2. The number of fused-ring (bicyclic) bond motifs is 1. The van der Waals surface area contributed by atoms with Crippen molar-refractivity contribution in [3.05, 3.63) is 95.6 Å². The van der Waals surface area contributed by atoms with E-state index in [1.165, 1.54) is 22.9 Å². The quantitative estimate of drug-likeness (QED) is 0.398. The van der Waals surface area contributed by atoms with Gasteiger partial charge in [-0.05, 0) is 67.1 Å². The van der Waals surface area contributed by atoms with Crippen molar-refractivity contribution < 1.29 is 4.39 Å². The summed E-state index contributed by atoms with van der Waals surface area (Å²) in [6.07, 6.45) is 1.90. The molecule has 0 bridgehead atoms. The summed E-state index contributed by atoms with van der Waals surface area (Å²) in [4.78, 5) is 4.65. The first-order valence-electron chi connectivity index (χ1n) is 8.59. The molecule has 4 aromatic rings. The Labute approximate surface area is 152 Å². The van der Waals surface area contributed by atoms with Crippen molar-refractivity contribution >= 4 is 22.7 Å². The fourth-order valence-electron chi connectivity index (χ4n) is 3.31. The molecule has 0 aliphatic heterocycles. The highest BCUT2D eigenvalue weighted by molar-refractivity contribution is 5.88. The van der Waals surface area contributed by atoms with Crippen LogP contribution < -0.4 is 0 Å². The molecule has 1 heterocycles. The maximum absolute atomic E-state index is 13.2. The summed E-state index contributed by atoms with van der Waals surface area (Å²) in [7, 11) is 0. The summed E-state index contributed by atoms with van der Waals surface area (Å²) >= 11 is 0.